The molecule has 3 unspecified atom stereocenters. The van der Waals surface area contributed by atoms with Crippen LogP contribution in [0.25, 0.3) is 5.57 Å². The summed E-state index contributed by atoms with van der Waals surface area (Å²) in [6.45, 7) is 0. The summed E-state index contributed by atoms with van der Waals surface area (Å²) in [6, 6.07) is 3.10. The largest absolute Gasteiger partial charge is 0.497 e. The summed E-state index contributed by atoms with van der Waals surface area (Å²) in [4.78, 5) is 34.4. The Balaban J connectivity index is 1.34. The van der Waals surface area contributed by atoms with Crippen LogP contribution >= 0.6 is 0 Å². The van der Waals surface area contributed by atoms with Crippen LogP contribution in [0.2, 0.25) is 0 Å². The molecule has 11 nitrogen and oxygen atoms in total. The van der Waals surface area contributed by atoms with Crippen LogP contribution in [0.1, 0.15) is 28.3 Å². The Hall–Kier alpha value is -4.93. The number of ketones is 2. The quantitative estimate of drug-likeness (QED) is 0.383. The standard InChI is InChI=1S/C31H33N3O8/c1-37-23-11-18(12-24(38-2)29(23)41-5)27(35)21-10-17-9-16(7-8-20(17)33-21)31-32-15-22(34-31)28(36)19-13-25(39-3)30(42-6)26(14-19)40-4/h7-11,13-15,17-18,20,33H,12H2,1-6H3,(H,32,34). The molecule has 3 atom stereocenters. The molecule has 3 aliphatic rings. The van der Waals surface area contributed by atoms with Gasteiger partial charge in [0, 0.05) is 29.7 Å². The van der Waals surface area contributed by atoms with E-state index in [1.807, 2.05) is 24.3 Å². The highest BCUT2D eigenvalue weighted by molar-refractivity contribution is 6.08. The van der Waals surface area contributed by atoms with Crippen molar-refractivity contribution < 1.29 is 38.0 Å². The van der Waals surface area contributed by atoms with E-state index in [9.17, 15) is 9.59 Å². The van der Waals surface area contributed by atoms with Crippen molar-refractivity contribution in [2.24, 2.45) is 11.8 Å². The highest BCUT2D eigenvalue weighted by Gasteiger charge is 2.35. The Bertz CT molecular complexity index is 1540. The van der Waals surface area contributed by atoms with Gasteiger partial charge in [-0.15, -0.1) is 0 Å². The van der Waals surface area contributed by atoms with Crippen LogP contribution in [-0.4, -0.2) is 70.2 Å². The fraction of sp³-hybridized carbons (Fsp3) is 0.323. The Labute approximate surface area is 243 Å². The summed E-state index contributed by atoms with van der Waals surface area (Å²) in [5.41, 5.74) is 1.92. The number of nitrogens with zero attached hydrogens (tertiary/aromatic N) is 1. The lowest BCUT2D eigenvalue weighted by Crippen LogP contribution is -2.31. The number of carbonyl (C=O) groups is 2. The van der Waals surface area contributed by atoms with Crippen LogP contribution in [0.5, 0.6) is 17.2 Å². The number of carbonyl (C=O) groups excluding carboxylic acids is 2. The van der Waals surface area contributed by atoms with Crippen molar-refractivity contribution in [3.8, 4) is 17.2 Å². The average Bonchev–Trinajstić information content (AvgIpc) is 3.70. The van der Waals surface area contributed by atoms with E-state index in [2.05, 4.69) is 15.3 Å². The number of rotatable bonds is 11. The molecule has 2 N–H and O–H groups in total. The molecule has 0 saturated heterocycles. The molecule has 42 heavy (non-hydrogen) atoms. The predicted molar refractivity (Wildman–Crippen MR) is 153 cm³/mol. The number of benzene rings is 1. The third kappa shape index (κ3) is 5.13. The second-order valence-corrected chi connectivity index (χ2v) is 9.76. The van der Waals surface area contributed by atoms with Gasteiger partial charge in [0.2, 0.25) is 11.5 Å². The average molecular weight is 576 g/mol. The highest BCUT2D eigenvalue weighted by Crippen LogP contribution is 2.39. The molecule has 2 aliphatic carbocycles. The van der Waals surface area contributed by atoms with Gasteiger partial charge in [0.1, 0.15) is 17.3 Å². The van der Waals surface area contributed by atoms with Crippen LogP contribution in [0.3, 0.4) is 0 Å². The maximum absolute atomic E-state index is 13.5. The Morgan fingerprint density at radius 1 is 0.881 bits per heavy atom. The number of aromatic amines is 1. The Morgan fingerprint density at radius 3 is 2.24 bits per heavy atom. The number of methoxy groups -OCH3 is 6. The molecule has 0 spiro atoms. The van der Waals surface area contributed by atoms with Gasteiger partial charge in [-0.2, -0.15) is 0 Å². The molecule has 2 aromatic rings. The summed E-state index contributed by atoms with van der Waals surface area (Å²) in [5, 5.41) is 3.33. The van der Waals surface area contributed by atoms with E-state index in [0.29, 0.717) is 58.0 Å². The third-order valence-electron chi connectivity index (χ3n) is 7.47. The van der Waals surface area contributed by atoms with Crippen molar-refractivity contribution in [2.75, 3.05) is 42.7 Å². The minimum atomic E-state index is -0.464. The van der Waals surface area contributed by atoms with Crippen LogP contribution in [0.15, 0.2) is 71.7 Å². The lowest BCUT2D eigenvalue weighted by Gasteiger charge is -2.24. The molecular formula is C31H33N3O8. The molecule has 5 rings (SSSR count). The minimum absolute atomic E-state index is 0.0665. The molecule has 220 valence electrons. The maximum atomic E-state index is 13.5. The summed E-state index contributed by atoms with van der Waals surface area (Å²) in [6.07, 6.45) is 11.5. The van der Waals surface area contributed by atoms with Crippen molar-refractivity contribution in [3.63, 3.8) is 0 Å². The second-order valence-electron chi connectivity index (χ2n) is 9.76. The molecule has 1 aliphatic heterocycles. The third-order valence-corrected chi connectivity index (χ3v) is 7.47. The molecular weight excluding hydrogens is 542 g/mol. The summed E-state index contributed by atoms with van der Waals surface area (Å²) >= 11 is 0. The summed E-state index contributed by atoms with van der Waals surface area (Å²) < 4.78 is 32.4. The van der Waals surface area contributed by atoms with Gasteiger partial charge in [-0.25, -0.2) is 4.98 Å². The lowest BCUT2D eigenvalue weighted by atomic mass is 9.90. The van der Waals surface area contributed by atoms with Crippen molar-refractivity contribution in [1.29, 1.82) is 0 Å². The monoisotopic (exact) mass is 575 g/mol. The van der Waals surface area contributed by atoms with Crippen molar-refractivity contribution in [2.45, 2.75) is 12.5 Å². The smallest absolute Gasteiger partial charge is 0.213 e. The number of hydrogen-bond donors (Lipinski definition) is 2. The Morgan fingerprint density at radius 2 is 1.62 bits per heavy atom. The number of Topliss-reactive ketones (excluding diaryl/α,β-unsaturated/α-hetero) is 1. The number of aromatic nitrogens is 2. The number of imidazole rings is 1. The molecule has 1 aromatic heterocycles. The van der Waals surface area contributed by atoms with E-state index in [4.69, 9.17) is 28.4 Å². The van der Waals surface area contributed by atoms with Gasteiger partial charge in [0.05, 0.1) is 60.3 Å². The van der Waals surface area contributed by atoms with Crippen molar-refractivity contribution in [1.82, 2.24) is 15.3 Å². The van der Waals surface area contributed by atoms with E-state index >= 15 is 0 Å². The number of fused-ring (bicyclic) bond motifs is 1. The number of allylic oxidation sites excluding steroid dienone is 5. The normalized spacial score (nSPS) is 20.9. The van der Waals surface area contributed by atoms with Gasteiger partial charge < -0.3 is 38.7 Å². The zero-order chi connectivity index (χ0) is 30.0. The van der Waals surface area contributed by atoms with E-state index in [1.54, 1.807) is 31.5 Å². The van der Waals surface area contributed by atoms with Gasteiger partial charge in [-0.1, -0.05) is 18.2 Å². The number of ether oxygens (including phenoxy) is 6. The van der Waals surface area contributed by atoms with Gasteiger partial charge >= 0.3 is 0 Å². The first-order valence-corrected chi connectivity index (χ1v) is 13.3. The zero-order valence-electron chi connectivity index (χ0n) is 24.3. The fourth-order valence-electron chi connectivity index (χ4n) is 5.34. The molecule has 0 bridgehead atoms. The number of H-pyrrole nitrogens is 1. The first-order valence-electron chi connectivity index (χ1n) is 13.3. The predicted octanol–water partition coefficient (Wildman–Crippen LogP) is 3.72. The van der Waals surface area contributed by atoms with Crippen LogP contribution < -0.4 is 19.5 Å². The first kappa shape index (κ1) is 28.6. The molecule has 0 radical (unpaired) electrons. The van der Waals surface area contributed by atoms with E-state index < -0.39 is 5.92 Å². The Kier molecular flexibility index (Phi) is 8.10. The molecule has 0 fully saturated rings. The van der Waals surface area contributed by atoms with Gasteiger partial charge in [-0.05, 0) is 24.3 Å². The molecule has 11 heteroatoms. The highest BCUT2D eigenvalue weighted by atomic mass is 16.5. The zero-order valence-corrected chi connectivity index (χ0v) is 24.3. The lowest BCUT2D eigenvalue weighted by molar-refractivity contribution is -0.118. The topological polar surface area (TPSA) is 130 Å². The van der Waals surface area contributed by atoms with Gasteiger partial charge in [-0.3, -0.25) is 9.59 Å². The maximum Gasteiger partial charge on any atom is 0.213 e. The van der Waals surface area contributed by atoms with Gasteiger partial charge in [0.15, 0.2) is 28.8 Å². The van der Waals surface area contributed by atoms with Crippen LogP contribution in [0, 0.1) is 11.8 Å². The fourth-order valence-corrected chi connectivity index (χ4v) is 5.34. The van der Waals surface area contributed by atoms with Crippen molar-refractivity contribution >= 4 is 17.1 Å². The number of hydrogen-bond acceptors (Lipinski definition) is 10. The molecule has 1 aromatic carbocycles. The molecule has 2 heterocycles. The minimum Gasteiger partial charge on any atom is -0.497 e. The summed E-state index contributed by atoms with van der Waals surface area (Å²) in [7, 11) is 9.10. The molecule has 0 amide bonds. The van der Waals surface area contributed by atoms with E-state index in [1.165, 1.54) is 35.5 Å². The van der Waals surface area contributed by atoms with E-state index in [-0.39, 0.29) is 29.2 Å². The number of nitrogens with one attached hydrogen (secondary N) is 2. The second kappa shape index (κ2) is 11.9. The summed E-state index contributed by atoms with van der Waals surface area (Å²) in [5.74, 6) is 2.29. The SMILES string of the molecule is COC1=CC(C(=O)C2=CC3C=C(c4nc(C(=O)c5cc(OC)c(OC)c(OC)c5)c[nH]4)C=CC3N2)CC(OC)=C1OC. The van der Waals surface area contributed by atoms with Crippen molar-refractivity contribution in [3.05, 3.63) is 88.8 Å². The first-order chi connectivity index (χ1) is 20.3. The van der Waals surface area contributed by atoms with Gasteiger partial charge in [0.25, 0.3) is 0 Å². The molecule has 0 saturated carbocycles. The van der Waals surface area contributed by atoms with Crippen LogP contribution in [-0.2, 0) is 19.0 Å². The van der Waals surface area contributed by atoms with E-state index in [0.717, 1.165) is 5.57 Å². The van der Waals surface area contributed by atoms with Crippen LogP contribution in [0.4, 0.5) is 0 Å².